The van der Waals surface area contributed by atoms with Gasteiger partial charge in [0.15, 0.2) is 11.0 Å². The molecule has 9 heteroatoms. The zero-order chi connectivity index (χ0) is 26.2. The molecule has 0 unspecified atom stereocenters. The third-order valence-corrected chi connectivity index (χ3v) is 7.73. The number of amides is 1. The fraction of sp³-hybridized carbons (Fsp3) is 0.429. The van der Waals surface area contributed by atoms with Crippen molar-refractivity contribution in [3.05, 3.63) is 53.6 Å². The highest BCUT2D eigenvalue weighted by Gasteiger charge is 2.24. The Labute approximate surface area is 223 Å². The molecular formula is C28H36N6O2S. The van der Waals surface area contributed by atoms with Crippen LogP contribution in [0.5, 0.6) is 5.75 Å². The number of phenols is 1. The number of phenolic OH excluding ortho intramolecular Hbond substituents is 1. The maximum atomic E-state index is 12.5. The average Bonchev–Trinajstić information content (AvgIpc) is 3.34. The topological polar surface area (TPSA) is 95.6 Å². The van der Waals surface area contributed by atoms with Gasteiger partial charge in [-0.2, -0.15) is 5.10 Å². The fourth-order valence-electron chi connectivity index (χ4n) is 4.71. The molecule has 0 saturated heterocycles. The van der Waals surface area contributed by atoms with Crippen LogP contribution in [0.25, 0.3) is 11.4 Å². The molecule has 2 aromatic carbocycles. The Kier molecular flexibility index (Phi) is 9.22. The van der Waals surface area contributed by atoms with Gasteiger partial charge < -0.3 is 10.0 Å². The van der Waals surface area contributed by atoms with Crippen LogP contribution in [0.2, 0.25) is 0 Å². The Morgan fingerprint density at radius 3 is 2.54 bits per heavy atom. The van der Waals surface area contributed by atoms with Crippen molar-refractivity contribution in [3.63, 3.8) is 0 Å². The predicted molar refractivity (Wildman–Crippen MR) is 150 cm³/mol. The summed E-state index contributed by atoms with van der Waals surface area (Å²) in [6.07, 6.45) is 7.30. The van der Waals surface area contributed by atoms with Crippen LogP contribution in [0.3, 0.4) is 0 Å². The van der Waals surface area contributed by atoms with Gasteiger partial charge in [0.2, 0.25) is 0 Å². The molecule has 0 radical (unpaired) electrons. The van der Waals surface area contributed by atoms with Gasteiger partial charge in [0.05, 0.1) is 12.0 Å². The number of hydrogen-bond donors (Lipinski definition) is 2. The first-order valence-corrected chi connectivity index (χ1v) is 14.0. The Morgan fingerprint density at radius 2 is 1.86 bits per heavy atom. The number of rotatable bonds is 10. The minimum absolute atomic E-state index is 0.126. The van der Waals surface area contributed by atoms with E-state index in [4.69, 9.17) is 0 Å². The largest absolute Gasteiger partial charge is 0.507 e. The van der Waals surface area contributed by atoms with E-state index in [1.165, 1.54) is 42.8 Å². The monoisotopic (exact) mass is 520 g/mol. The number of aromatic hydroxyl groups is 1. The number of anilines is 1. The number of nitrogens with zero attached hydrogens (tertiary/aromatic N) is 5. The molecular weight excluding hydrogens is 484 g/mol. The molecule has 1 saturated carbocycles. The Bertz CT molecular complexity index is 1210. The number of benzene rings is 2. The van der Waals surface area contributed by atoms with Gasteiger partial charge in [0.25, 0.3) is 5.91 Å². The third-order valence-electron chi connectivity index (χ3n) is 6.78. The van der Waals surface area contributed by atoms with Crippen molar-refractivity contribution in [1.29, 1.82) is 0 Å². The van der Waals surface area contributed by atoms with Crippen molar-refractivity contribution >= 4 is 29.6 Å². The quantitative estimate of drug-likeness (QED) is 0.207. The molecule has 1 aromatic heterocycles. The van der Waals surface area contributed by atoms with E-state index in [0.717, 1.165) is 48.2 Å². The van der Waals surface area contributed by atoms with Gasteiger partial charge in [-0.15, -0.1) is 10.2 Å². The van der Waals surface area contributed by atoms with E-state index in [0.29, 0.717) is 11.6 Å². The van der Waals surface area contributed by atoms with Crippen LogP contribution in [0.15, 0.2) is 52.7 Å². The number of aryl methyl sites for hydroxylation is 1. The maximum absolute atomic E-state index is 12.5. The number of thioether (sulfide) groups is 1. The number of carbonyl (C=O) groups excluding carboxylic acids is 1. The van der Waals surface area contributed by atoms with Gasteiger partial charge in [-0.05, 0) is 45.7 Å². The molecule has 0 atom stereocenters. The normalized spacial score (nSPS) is 14.2. The lowest BCUT2D eigenvalue weighted by atomic mass is 9.95. The molecule has 8 nitrogen and oxygen atoms in total. The van der Waals surface area contributed by atoms with Crippen molar-refractivity contribution in [2.24, 2.45) is 5.10 Å². The second-order valence-corrected chi connectivity index (χ2v) is 10.3. The molecule has 1 fully saturated rings. The zero-order valence-electron chi connectivity index (χ0n) is 21.9. The van der Waals surface area contributed by atoms with Crippen LogP contribution in [0, 0.1) is 6.92 Å². The molecule has 4 rings (SSSR count). The summed E-state index contributed by atoms with van der Waals surface area (Å²) < 4.78 is 2.22. The van der Waals surface area contributed by atoms with Crippen molar-refractivity contribution < 1.29 is 9.90 Å². The van der Waals surface area contributed by atoms with E-state index in [1.807, 2.05) is 6.07 Å². The first-order valence-electron chi connectivity index (χ1n) is 13.0. The standard InChI is InChI=1S/C28H36N6O2S/c1-4-33(5-2)24-16-15-22(25(35)17-24)18-29-30-26(36)19-37-28-32-31-27(21-13-11-20(3)12-14-21)34(28)23-9-7-6-8-10-23/h11-18,23,35H,4-10,19H2,1-3H3,(H,30,36)/b29-18-. The summed E-state index contributed by atoms with van der Waals surface area (Å²) >= 11 is 1.38. The highest BCUT2D eigenvalue weighted by atomic mass is 32.2. The third kappa shape index (κ3) is 6.71. The highest BCUT2D eigenvalue weighted by Crippen LogP contribution is 2.35. The maximum Gasteiger partial charge on any atom is 0.250 e. The van der Waals surface area contributed by atoms with Gasteiger partial charge in [0.1, 0.15) is 5.75 Å². The molecule has 1 heterocycles. The Balaban J connectivity index is 1.41. The van der Waals surface area contributed by atoms with Crippen LogP contribution < -0.4 is 10.3 Å². The molecule has 0 aliphatic heterocycles. The molecule has 1 aliphatic carbocycles. The van der Waals surface area contributed by atoms with E-state index in [-0.39, 0.29) is 17.4 Å². The van der Waals surface area contributed by atoms with Crippen LogP contribution in [0.4, 0.5) is 5.69 Å². The molecule has 0 bridgehead atoms. The molecule has 196 valence electrons. The van der Waals surface area contributed by atoms with Crippen LogP contribution in [0.1, 0.15) is 63.1 Å². The van der Waals surface area contributed by atoms with Crippen LogP contribution in [-0.2, 0) is 4.79 Å². The van der Waals surface area contributed by atoms with Gasteiger partial charge >= 0.3 is 0 Å². The van der Waals surface area contributed by atoms with Gasteiger partial charge in [0, 0.05) is 42.0 Å². The summed E-state index contributed by atoms with van der Waals surface area (Å²) in [6.45, 7) is 7.94. The van der Waals surface area contributed by atoms with Crippen molar-refractivity contribution in [2.45, 2.75) is 64.1 Å². The summed E-state index contributed by atoms with van der Waals surface area (Å²) in [6, 6.07) is 14.1. The number of carbonyl (C=O) groups is 1. The van der Waals surface area contributed by atoms with E-state index in [9.17, 15) is 9.90 Å². The lowest BCUT2D eigenvalue weighted by Crippen LogP contribution is -2.21. The molecule has 2 N–H and O–H groups in total. The lowest BCUT2D eigenvalue weighted by molar-refractivity contribution is -0.118. The first-order chi connectivity index (χ1) is 18.0. The number of aromatic nitrogens is 3. The van der Waals surface area contributed by atoms with Crippen LogP contribution >= 0.6 is 11.8 Å². The van der Waals surface area contributed by atoms with Crippen molar-refractivity contribution in [3.8, 4) is 17.1 Å². The number of nitrogens with one attached hydrogen (secondary N) is 1. The second-order valence-electron chi connectivity index (χ2n) is 9.33. The summed E-state index contributed by atoms with van der Waals surface area (Å²) in [5.41, 5.74) is 6.30. The lowest BCUT2D eigenvalue weighted by Gasteiger charge is -2.25. The molecule has 1 amide bonds. The minimum atomic E-state index is -0.240. The minimum Gasteiger partial charge on any atom is -0.507 e. The van der Waals surface area contributed by atoms with Gasteiger partial charge in [-0.25, -0.2) is 5.43 Å². The summed E-state index contributed by atoms with van der Waals surface area (Å²) in [7, 11) is 0. The SMILES string of the molecule is CCN(CC)c1ccc(/C=N\NC(=O)CSc2nnc(-c3ccc(C)cc3)n2C2CCCCC2)c(O)c1. The van der Waals surface area contributed by atoms with Crippen LogP contribution in [-0.4, -0.2) is 50.8 Å². The molecule has 37 heavy (non-hydrogen) atoms. The molecule has 1 aliphatic rings. The molecule has 3 aromatic rings. The van der Waals surface area contributed by atoms with E-state index >= 15 is 0 Å². The fourth-order valence-corrected chi connectivity index (χ4v) is 5.50. The van der Waals surface area contributed by atoms with E-state index < -0.39 is 0 Å². The summed E-state index contributed by atoms with van der Waals surface area (Å²) in [5.74, 6) is 0.913. The first kappa shape index (κ1) is 26.7. The van der Waals surface area contributed by atoms with Crippen molar-refractivity contribution in [1.82, 2.24) is 20.2 Å². The second kappa shape index (κ2) is 12.8. The van der Waals surface area contributed by atoms with E-state index in [2.05, 4.69) is 75.2 Å². The summed E-state index contributed by atoms with van der Waals surface area (Å²) in [4.78, 5) is 14.7. The number of hydrogen-bond acceptors (Lipinski definition) is 7. The van der Waals surface area contributed by atoms with Gasteiger partial charge in [-0.1, -0.05) is 60.9 Å². The Morgan fingerprint density at radius 1 is 1.14 bits per heavy atom. The highest BCUT2D eigenvalue weighted by molar-refractivity contribution is 7.99. The number of hydrazone groups is 1. The van der Waals surface area contributed by atoms with Crippen molar-refractivity contribution in [2.75, 3.05) is 23.7 Å². The van der Waals surface area contributed by atoms with E-state index in [1.54, 1.807) is 12.1 Å². The average molecular weight is 521 g/mol. The molecule has 0 spiro atoms. The smallest absolute Gasteiger partial charge is 0.250 e. The summed E-state index contributed by atoms with van der Waals surface area (Å²) in [5, 5.41) is 24.1. The van der Waals surface area contributed by atoms with Gasteiger partial charge in [-0.3, -0.25) is 9.36 Å². The predicted octanol–water partition coefficient (Wildman–Crippen LogP) is 5.55. The Hall–Kier alpha value is -3.33. The zero-order valence-corrected chi connectivity index (χ0v) is 22.7.